The van der Waals surface area contributed by atoms with Crippen molar-refractivity contribution in [2.24, 2.45) is 5.92 Å². The van der Waals surface area contributed by atoms with E-state index in [1.54, 1.807) is 0 Å². The van der Waals surface area contributed by atoms with Crippen LogP contribution in [0.2, 0.25) is 0 Å². The molecule has 1 heterocycles. The maximum absolute atomic E-state index is 12.0. The van der Waals surface area contributed by atoms with Crippen LogP contribution in [0.25, 0.3) is 0 Å². The molecule has 3 rings (SSSR count). The lowest BCUT2D eigenvalue weighted by molar-refractivity contribution is -0.124. The van der Waals surface area contributed by atoms with Crippen LogP contribution in [0.5, 0.6) is 0 Å². The first kappa shape index (κ1) is 16.5. The molecule has 1 atom stereocenters. The SMILES string of the molecule is O=C(NCCCN1CCc2ccccc2C1CO)C1CCCC1. The van der Waals surface area contributed by atoms with Gasteiger partial charge in [0, 0.05) is 25.6 Å². The summed E-state index contributed by atoms with van der Waals surface area (Å²) in [6.07, 6.45) is 6.49. The van der Waals surface area contributed by atoms with Gasteiger partial charge in [-0.15, -0.1) is 0 Å². The van der Waals surface area contributed by atoms with E-state index < -0.39 is 0 Å². The number of aliphatic hydroxyl groups is 1. The van der Waals surface area contributed by atoms with E-state index in [1.807, 2.05) is 6.07 Å². The van der Waals surface area contributed by atoms with Crippen LogP contribution in [-0.2, 0) is 11.2 Å². The van der Waals surface area contributed by atoms with Gasteiger partial charge in [-0.05, 0) is 36.8 Å². The number of nitrogens with zero attached hydrogens (tertiary/aromatic N) is 1. The number of aliphatic hydroxyl groups excluding tert-OH is 1. The van der Waals surface area contributed by atoms with Gasteiger partial charge in [-0.3, -0.25) is 9.69 Å². The number of carbonyl (C=O) groups is 1. The molecule has 1 aliphatic carbocycles. The quantitative estimate of drug-likeness (QED) is 0.792. The second kappa shape index (κ2) is 7.93. The van der Waals surface area contributed by atoms with Gasteiger partial charge in [-0.1, -0.05) is 37.1 Å². The highest BCUT2D eigenvalue weighted by molar-refractivity contribution is 5.78. The molecule has 0 spiro atoms. The highest BCUT2D eigenvalue weighted by atomic mass is 16.3. The van der Waals surface area contributed by atoms with Gasteiger partial charge < -0.3 is 10.4 Å². The average molecular weight is 316 g/mol. The Kier molecular flexibility index (Phi) is 5.68. The summed E-state index contributed by atoms with van der Waals surface area (Å²) in [6.45, 7) is 2.81. The number of nitrogens with one attached hydrogen (secondary N) is 1. The fourth-order valence-corrected chi connectivity index (χ4v) is 4.01. The van der Waals surface area contributed by atoms with Crippen molar-refractivity contribution in [1.82, 2.24) is 10.2 Å². The summed E-state index contributed by atoms with van der Waals surface area (Å²) in [5.41, 5.74) is 2.62. The van der Waals surface area contributed by atoms with E-state index in [0.717, 1.165) is 45.3 Å². The Morgan fingerprint density at radius 3 is 2.83 bits per heavy atom. The van der Waals surface area contributed by atoms with Gasteiger partial charge in [0.2, 0.25) is 5.91 Å². The van der Waals surface area contributed by atoms with Crippen molar-refractivity contribution in [2.45, 2.75) is 44.6 Å². The average Bonchev–Trinajstić information content (AvgIpc) is 3.12. The number of hydrogen-bond donors (Lipinski definition) is 2. The predicted molar refractivity (Wildman–Crippen MR) is 91.1 cm³/mol. The Morgan fingerprint density at radius 1 is 1.26 bits per heavy atom. The minimum absolute atomic E-state index is 0.102. The van der Waals surface area contributed by atoms with Crippen molar-refractivity contribution in [2.75, 3.05) is 26.2 Å². The fourth-order valence-electron chi connectivity index (χ4n) is 4.01. The monoisotopic (exact) mass is 316 g/mol. The van der Waals surface area contributed by atoms with Crippen molar-refractivity contribution in [3.63, 3.8) is 0 Å². The van der Waals surface area contributed by atoms with Gasteiger partial charge >= 0.3 is 0 Å². The van der Waals surface area contributed by atoms with Crippen LogP contribution in [0.4, 0.5) is 0 Å². The number of rotatable bonds is 6. The molecule has 0 saturated heterocycles. The summed E-state index contributed by atoms with van der Waals surface area (Å²) < 4.78 is 0. The largest absolute Gasteiger partial charge is 0.394 e. The fraction of sp³-hybridized carbons (Fsp3) is 0.632. The Hall–Kier alpha value is -1.39. The first-order chi connectivity index (χ1) is 11.3. The van der Waals surface area contributed by atoms with E-state index in [1.165, 1.54) is 24.0 Å². The Balaban J connectivity index is 1.46. The molecule has 4 heteroatoms. The molecule has 126 valence electrons. The summed E-state index contributed by atoms with van der Waals surface area (Å²) in [5, 5.41) is 12.9. The van der Waals surface area contributed by atoms with E-state index in [2.05, 4.69) is 28.4 Å². The van der Waals surface area contributed by atoms with Crippen LogP contribution in [-0.4, -0.2) is 42.2 Å². The minimum atomic E-state index is 0.102. The van der Waals surface area contributed by atoms with E-state index in [-0.39, 0.29) is 24.5 Å². The highest BCUT2D eigenvalue weighted by Crippen LogP contribution is 2.29. The summed E-state index contributed by atoms with van der Waals surface area (Å²) in [7, 11) is 0. The molecule has 2 aliphatic rings. The maximum Gasteiger partial charge on any atom is 0.223 e. The zero-order valence-electron chi connectivity index (χ0n) is 13.8. The van der Waals surface area contributed by atoms with E-state index >= 15 is 0 Å². The lowest BCUT2D eigenvalue weighted by atomic mass is 9.93. The number of hydrogen-bond acceptors (Lipinski definition) is 3. The number of fused-ring (bicyclic) bond motifs is 1. The van der Waals surface area contributed by atoms with E-state index in [4.69, 9.17) is 0 Å². The van der Waals surface area contributed by atoms with Crippen LogP contribution in [0.1, 0.15) is 49.3 Å². The van der Waals surface area contributed by atoms with Crippen molar-refractivity contribution in [3.05, 3.63) is 35.4 Å². The molecule has 0 aromatic heterocycles. The molecule has 1 fully saturated rings. The van der Waals surface area contributed by atoms with Crippen molar-refractivity contribution in [1.29, 1.82) is 0 Å². The van der Waals surface area contributed by atoms with Crippen LogP contribution in [0, 0.1) is 5.92 Å². The Labute approximate surface area is 138 Å². The highest BCUT2D eigenvalue weighted by Gasteiger charge is 2.26. The maximum atomic E-state index is 12.0. The minimum Gasteiger partial charge on any atom is -0.394 e. The van der Waals surface area contributed by atoms with Crippen LogP contribution in [0.3, 0.4) is 0 Å². The van der Waals surface area contributed by atoms with Gasteiger partial charge in [0.15, 0.2) is 0 Å². The first-order valence-corrected chi connectivity index (χ1v) is 9.00. The van der Waals surface area contributed by atoms with Gasteiger partial charge in [0.1, 0.15) is 0 Å². The van der Waals surface area contributed by atoms with Crippen molar-refractivity contribution in [3.8, 4) is 0 Å². The van der Waals surface area contributed by atoms with Crippen LogP contribution < -0.4 is 5.32 Å². The third-order valence-corrected chi connectivity index (χ3v) is 5.34. The number of amides is 1. The first-order valence-electron chi connectivity index (χ1n) is 9.00. The molecule has 1 aromatic rings. The Morgan fingerprint density at radius 2 is 2.04 bits per heavy atom. The van der Waals surface area contributed by atoms with Gasteiger partial charge in [-0.2, -0.15) is 0 Å². The summed E-state index contributed by atoms with van der Waals surface area (Å²) in [6, 6.07) is 8.51. The third-order valence-electron chi connectivity index (χ3n) is 5.34. The zero-order valence-corrected chi connectivity index (χ0v) is 13.8. The summed E-state index contributed by atoms with van der Waals surface area (Å²) in [5.74, 6) is 0.493. The zero-order chi connectivity index (χ0) is 16.1. The molecule has 0 bridgehead atoms. The molecule has 4 nitrogen and oxygen atoms in total. The van der Waals surface area contributed by atoms with Crippen molar-refractivity contribution >= 4 is 5.91 Å². The molecule has 23 heavy (non-hydrogen) atoms. The molecule has 1 saturated carbocycles. The van der Waals surface area contributed by atoms with Crippen molar-refractivity contribution < 1.29 is 9.90 Å². The number of carbonyl (C=O) groups excluding carboxylic acids is 1. The summed E-state index contributed by atoms with van der Waals surface area (Å²) in [4.78, 5) is 14.4. The Bertz CT molecular complexity index is 526. The van der Waals surface area contributed by atoms with Crippen LogP contribution in [0.15, 0.2) is 24.3 Å². The molecule has 1 aromatic carbocycles. The smallest absolute Gasteiger partial charge is 0.223 e. The number of benzene rings is 1. The molecule has 0 radical (unpaired) electrons. The second-order valence-corrected chi connectivity index (χ2v) is 6.81. The standard InChI is InChI=1S/C19H28N2O2/c22-14-18-17-9-4-3-6-15(17)10-13-21(18)12-5-11-20-19(23)16-7-1-2-8-16/h3-4,6,9,16,18,22H,1-2,5,7-8,10-14H2,(H,20,23). The molecular formula is C19H28N2O2. The molecule has 1 amide bonds. The lowest BCUT2D eigenvalue weighted by Gasteiger charge is -2.36. The predicted octanol–water partition coefficient (Wildman–Crippen LogP) is 2.27. The van der Waals surface area contributed by atoms with Gasteiger partial charge in [-0.25, -0.2) is 0 Å². The topological polar surface area (TPSA) is 52.6 Å². The van der Waals surface area contributed by atoms with E-state index in [9.17, 15) is 9.90 Å². The van der Waals surface area contributed by atoms with E-state index in [0.29, 0.717) is 0 Å². The third kappa shape index (κ3) is 3.93. The molecule has 1 aliphatic heterocycles. The molecular weight excluding hydrogens is 288 g/mol. The molecule has 1 unspecified atom stereocenters. The summed E-state index contributed by atoms with van der Waals surface area (Å²) >= 11 is 0. The van der Waals surface area contributed by atoms with Gasteiger partial charge in [0.25, 0.3) is 0 Å². The normalized spacial score (nSPS) is 22.0. The lowest BCUT2D eigenvalue weighted by Crippen LogP contribution is -2.39. The molecule has 2 N–H and O–H groups in total. The van der Waals surface area contributed by atoms with Crippen LogP contribution >= 0.6 is 0 Å². The van der Waals surface area contributed by atoms with Gasteiger partial charge in [0.05, 0.1) is 12.6 Å². The second-order valence-electron chi connectivity index (χ2n) is 6.81.